The van der Waals surface area contributed by atoms with Crippen LogP contribution in [0, 0.1) is 23.7 Å². The number of nitrogens with zero attached hydrogens (tertiary/aromatic N) is 5. The Bertz CT molecular complexity index is 3430. The lowest BCUT2D eigenvalue weighted by Crippen LogP contribution is -2.40. The molecule has 6 nitrogen and oxygen atoms in total. The van der Waals surface area contributed by atoms with Crippen LogP contribution in [0.2, 0.25) is 0 Å². The van der Waals surface area contributed by atoms with Crippen LogP contribution in [0.1, 0.15) is 235 Å². The van der Waals surface area contributed by atoms with Gasteiger partial charge in [-0.3, -0.25) is 9.98 Å². The van der Waals surface area contributed by atoms with Gasteiger partial charge in [-0.15, -0.1) is 0 Å². The van der Waals surface area contributed by atoms with Crippen molar-refractivity contribution in [2.75, 3.05) is 0 Å². The fourth-order valence-electron chi connectivity index (χ4n) is 16.9. The van der Waals surface area contributed by atoms with Gasteiger partial charge in [0.15, 0.2) is 0 Å². The van der Waals surface area contributed by atoms with Crippen LogP contribution < -0.4 is 5.73 Å². The van der Waals surface area contributed by atoms with E-state index < -0.39 is 0 Å². The first kappa shape index (κ1) is 48.2. The molecule has 5 saturated carbocycles. The minimum absolute atomic E-state index is 0.140. The molecule has 3 aromatic heterocycles. The summed E-state index contributed by atoms with van der Waals surface area (Å²) >= 11 is 0. The topological polar surface area (TPSA) is 65.5 Å². The highest BCUT2D eigenvalue weighted by Crippen LogP contribution is 2.52. The molecule has 6 atom stereocenters. The van der Waals surface area contributed by atoms with Crippen LogP contribution in [0.15, 0.2) is 81.9 Å². The molecule has 5 heterocycles. The minimum atomic E-state index is -0.364. The molecular formula is C71H80N6. The summed E-state index contributed by atoms with van der Waals surface area (Å²) in [4.78, 5) is 11.2. The number of aliphatic imine (C=N–C) groups is 2. The van der Waals surface area contributed by atoms with Gasteiger partial charge in [-0.25, -0.2) is 0 Å². The maximum atomic E-state index is 7.38. The summed E-state index contributed by atoms with van der Waals surface area (Å²) in [5, 5.41) is 0. The molecule has 0 amide bonds. The average Bonchev–Trinajstić information content (AvgIpc) is 4.40. The highest BCUT2D eigenvalue weighted by Gasteiger charge is 2.41. The predicted molar refractivity (Wildman–Crippen MR) is 325 cm³/mol. The van der Waals surface area contributed by atoms with Crippen molar-refractivity contribution in [1.82, 2.24) is 13.7 Å². The van der Waals surface area contributed by atoms with Gasteiger partial charge in [0.1, 0.15) is 0 Å². The lowest BCUT2D eigenvalue weighted by Gasteiger charge is -2.38. The fourth-order valence-corrected chi connectivity index (χ4v) is 16.9. The third-order valence-corrected chi connectivity index (χ3v) is 21.1. The fraction of sp³-hybridized carbons (Fsp3) is 0.465. The van der Waals surface area contributed by atoms with Crippen LogP contribution in [-0.4, -0.2) is 42.7 Å². The van der Waals surface area contributed by atoms with E-state index in [2.05, 4.69) is 155 Å². The second-order valence-electron chi connectivity index (χ2n) is 26.0. The number of aromatic nitrogens is 3. The van der Waals surface area contributed by atoms with Crippen LogP contribution in [0.3, 0.4) is 0 Å². The van der Waals surface area contributed by atoms with Crippen molar-refractivity contribution in [2.24, 2.45) is 39.4 Å². The Morgan fingerprint density at radius 3 is 1.95 bits per heavy atom. The molecule has 77 heavy (non-hydrogen) atoms. The molecule has 6 unspecified atom stereocenters. The van der Waals surface area contributed by atoms with Crippen molar-refractivity contribution in [1.29, 1.82) is 0 Å². The van der Waals surface area contributed by atoms with E-state index in [4.69, 9.17) is 15.7 Å². The van der Waals surface area contributed by atoms with E-state index in [-0.39, 0.29) is 16.6 Å². The van der Waals surface area contributed by atoms with Gasteiger partial charge in [0.25, 0.3) is 0 Å². The predicted octanol–water partition coefficient (Wildman–Crippen LogP) is 17.6. The van der Waals surface area contributed by atoms with Gasteiger partial charge in [-0.1, -0.05) is 131 Å². The Kier molecular flexibility index (Phi) is 11.8. The molecule has 0 radical (unpaired) electrons. The monoisotopic (exact) mass is 1020 g/mol. The van der Waals surface area contributed by atoms with E-state index >= 15 is 0 Å². The molecule has 6 heteroatoms. The summed E-state index contributed by atoms with van der Waals surface area (Å²) in [5.74, 6) is 2.63. The number of rotatable bonds is 4. The molecule has 9 aliphatic carbocycles. The van der Waals surface area contributed by atoms with E-state index in [1.54, 1.807) is 5.57 Å². The lowest BCUT2D eigenvalue weighted by atomic mass is 9.66. The van der Waals surface area contributed by atoms with Crippen LogP contribution >= 0.6 is 0 Å². The molecular weight excluding hydrogens is 937 g/mol. The van der Waals surface area contributed by atoms with Crippen LogP contribution in [0.4, 0.5) is 0 Å². The van der Waals surface area contributed by atoms with Gasteiger partial charge in [-0.05, 0) is 193 Å². The van der Waals surface area contributed by atoms with Crippen molar-refractivity contribution in [2.45, 2.75) is 184 Å². The second kappa shape index (κ2) is 18.9. The number of fused-ring (bicyclic) bond motifs is 14. The van der Waals surface area contributed by atoms with Gasteiger partial charge in [0.2, 0.25) is 0 Å². The van der Waals surface area contributed by atoms with Crippen molar-refractivity contribution < 1.29 is 0 Å². The summed E-state index contributed by atoms with van der Waals surface area (Å²) in [6.07, 6.45) is 71.8. The quantitative estimate of drug-likeness (QED) is 0.217. The Morgan fingerprint density at radius 2 is 1.18 bits per heavy atom. The third kappa shape index (κ3) is 8.10. The van der Waals surface area contributed by atoms with Crippen molar-refractivity contribution >= 4 is 67.1 Å². The zero-order valence-electron chi connectivity index (χ0n) is 46.1. The highest BCUT2D eigenvalue weighted by atomic mass is 15.1. The van der Waals surface area contributed by atoms with Gasteiger partial charge in [0, 0.05) is 45.8 Å². The highest BCUT2D eigenvalue weighted by molar-refractivity contribution is 5.96. The SMILES string of the molecule is CCC1/C=C\c2c(c3c(n2-c2cc(-n4c5c(c6c4C=CC4CCCC(C)C64)C=NC4(C=C5)CCCCC4)cc(-n4c5c(c6c4/C=C\C4(N)CCC/C(=C/6)C4)C=NC4(C=C5)CCCC4)c2)C=CC2CCCC2=C3)/C=C/CCC1. The van der Waals surface area contributed by atoms with E-state index in [0.29, 0.717) is 29.6 Å². The lowest BCUT2D eigenvalue weighted by molar-refractivity contribution is 0.269. The first-order valence-electron chi connectivity index (χ1n) is 30.9. The zero-order chi connectivity index (χ0) is 51.5. The smallest absolute Gasteiger partial charge is 0.0791 e. The normalized spacial score (nSPS) is 30.7. The third-order valence-electron chi connectivity index (χ3n) is 21.1. The molecule has 394 valence electrons. The standard InChI is InChI=1S/C71H80N6/c1-3-48-16-6-4-7-21-56-58-40-52-20-13-18-50(52)23-26-62(58)75(61(56)25-22-48)53-41-54(76-63-28-36-69(72)31-14-17-49(44-69)39-57(63)59-45-73-71(34-10-11-35-71)37-29-64(59)76)43-55(42-53)77-65-30-38-70(32-8-5-9-33-70)74-46-60(65)68-66(77)27-24-51-19-12-15-47(2)67(51)68/h7,21-30,36-43,45-48,50-51,67H,3-6,8-20,31-35,44,72H2,1-2H3/b21-7+,25-22-,36-28-,49-39-. The van der Waals surface area contributed by atoms with Gasteiger partial charge in [0.05, 0.1) is 62.3 Å². The Hall–Kier alpha value is -5.98. The molecule has 4 aromatic rings. The maximum Gasteiger partial charge on any atom is 0.0791 e. The van der Waals surface area contributed by atoms with Crippen LogP contribution in [-0.2, 0) is 0 Å². The first-order chi connectivity index (χ1) is 37.8. The number of hydrogen-bond donors (Lipinski definition) is 1. The molecule has 2 bridgehead atoms. The van der Waals surface area contributed by atoms with E-state index in [0.717, 1.165) is 64.2 Å². The summed E-state index contributed by atoms with van der Waals surface area (Å²) in [6.45, 7) is 4.91. The summed E-state index contributed by atoms with van der Waals surface area (Å²) < 4.78 is 7.99. The van der Waals surface area contributed by atoms with Crippen LogP contribution in [0.5, 0.6) is 0 Å². The van der Waals surface area contributed by atoms with Crippen LogP contribution in [0.25, 0.3) is 71.7 Å². The van der Waals surface area contributed by atoms with Crippen molar-refractivity contribution in [3.05, 3.63) is 139 Å². The Balaban J connectivity index is 1.05. The summed E-state index contributed by atoms with van der Waals surface area (Å²) in [7, 11) is 0. The van der Waals surface area contributed by atoms with E-state index in [1.165, 1.54) is 174 Å². The molecule has 5 fully saturated rings. The number of nitrogens with two attached hydrogens (primary N) is 1. The average molecular weight is 1020 g/mol. The van der Waals surface area contributed by atoms with Gasteiger partial charge >= 0.3 is 0 Å². The molecule has 2 spiro atoms. The maximum absolute atomic E-state index is 7.38. The molecule has 11 aliphatic rings. The zero-order valence-corrected chi connectivity index (χ0v) is 46.1. The molecule has 2 aliphatic heterocycles. The Morgan fingerprint density at radius 1 is 0.545 bits per heavy atom. The summed E-state index contributed by atoms with van der Waals surface area (Å²) in [5.41, 5.74) is 29.0. The first-order valence-corrected chi connectivity index (χ1v) is 30.9. The number of hydrogen-bond acceptors (Lipinski definition) is 3. The van der Waals surface area contributed by atoms with Gasteiger partial charge in [-0.2, -0.15) is 0 Å². The Labute approximate surface area is 458 Å². The number of allylic oxidation sites excluding steroid dienone is 5. The minimum Gasteiger partial charge on any atom is -0.322 e. The molecule has 2 N–H and O–H groups in total. The second-order valence-corrected chi connectivity index (χ2v) is 26.0. The van der Waals surface area contributed by atoms with Gasteiger partial charge < -0.3 is 19.4 Å². The van der Waals surface area contributed by atoms with E-state index in [1.807, 2.05) is 0 Å². The number of benzene rings is 1. The van der Waals surface area contributed by atoms with E-state index in [9.17, 15) is 0 Å². The molecule has 15 rings (SSSR count). The van der Waals surface area contributed by atoms with Crippen molar-refractivity contribution in [3.8, 4) is 17.1 Å². The van der Waals surface area contributed by atoms with Crippen molar-refractivity contribution in [3.63, 3.8) is 0 Å². The molecule has 1 aromatic carbocycles. The molecule has 0 saturated heterocycles. The largest absolute Gasteiger partial charge is 0.322 e. The summed E-state index contributed by atoms with van der Waals surface area (Å²) in [6, 6.07) is 7.66.